The third-order valence-corrected chi connectivity index (χ3v) is 7.31. The highest BCUT2D eigenvalue weighted by atomic mass is 32.1. The number of aliphatic imine (C=N–C) groups is 1. The van der Waals surface area contributed by atoms with Crippen molar-refractivity contribution in [1.29, 1.82) is 0 Å². The molecule has 2 heterocycles. The second-order valence-electron chi connectivity index (χ2n) is 9.26. The second-order valence-corrected chi connectivity index (χ2v) is 9.99. The molecule has 0 aromatic carbocycles. The van der Waals surface area contributed by atoms with Crippen LogP contribution in [0, 0.1) is 0 Å². The Kier molecular flexibility index (Phi) is 12.4. The van der Waals surface area contributed by atoms with Gasteiger partial charge in [-0.25, -0.2) is 4.79 Å². The van der Waals surface area contributed by atoms with Crippen LogP contribution in [0.25, 0.3) is 0 Å². The molecule has 14 nitrogen and oxygen atoms in total. The van der Waals surface area contributed by atoms with E-state index in [1.54, 1.807) is 0 Å². The van der Waals surface area contributed by atoms with Gasteiger partial charge >= 0.3 is 5.97 Å². The minimum atomic E-state index is -1.11. The van der Waals surface area contributed by atoms with Crippen LogP contribution in [0.4, 0.5) is 0 Å². The van der Waals surface area contributed by atoms with Gasteiger partial charge in [0.1, 0.15) is 24.2 Å². The number of rotatable bonds is 13. The Morgan fingerprint density at radius 1 is 0.921 bits per heavy atom. The molecule has 2 aliphatic rings. The Balaban J connectivity index is 2.14. The van der Waals surface area contributed by atoms with Crippen molar-refractivity contribution < 1.29 is 29.1 Å². The normalized spacial score (nSPS) is 21.3. The molecule has 2 aliphatic heterocycles. The van der Waals surface area contributed by atoms with E-state index in [9.17, 15) is 29.1 Å². The van der Waals surface area contributed by atoms with Gasteiger partial charge < -0.3 is 42.7 Å². The van der Waals surface area contributed by atoms with Crippen molar-refractivity contribution in [2.45, 2.75) is 68.7 Å². The summed E-state index contributed by atoms with van der Waals surface area (Å²) in [6.45, 7) is 0.820. The van der Waals surface area contributed by atoms with Crippen LogP contribution >= 0.6 is 25.3 Å². The summed E-state index contributed by atoms with van der Waals surface area (Å²) >= 11 is 8.23. The number of amides is 4. The number of carboxylic acids is 1. The molecule has 9 N–H and O–H groups in total. The van der Waals surface area contributed by atoms with Crippen LogP contribution in [-0.2, 0) is 24.0 Å². The second kappa shape index (κ2) is 15.0. The molecule has 2 rings (SSSR count). The van der Waals surface area contributed by atoms with Gasteiger partial charge in [-0.2, -0.15) is 25.3 Å². The van der Waals surface area contributed by atoms with Crippen molar-refractivity contribution in [3.63, 3.8) is 0 Å². The van der Waals surface area contributed by atoms with Gasteiger partial charge in [0, 0.05) is 31.1 Å². The van der Waals surface area contributed by atoms with Crippen LogP contribution in [0.1, 0.15) is 38.5 Å². The summed E-state index contributed by atoms with van der Waals surface area (Å²) in [5.74, 6) is -3.31. The van der Waals surface area contributed by atoms with Gasteiger partial charge in [-0.05, 0) is 38.5 Å². The zero-order chi connectivity index (χ0) is 28.4. The fourth-order valence-electron chi connectivity index (χ4n) is 4.58. The molecule has 0 spiro atoms. The molecule has 5 atom stereocenters. The molecule has 0 radical (unpaired) electrons. The molecule has 214 valence electrons. The first-order valence-corrected chi connectivity index (χ1v) is 13.8. The highest BCUT2D eigenvalue weighted by Gasteiger charge is 2.39. The van der Waals surface area contributed by atoms with Gasteiger partial charge in [0.15, 0.2) is 5.96 Å². The number of nitrogens with one attached hydrogen (secondary N) is 2. The molecule has 0 aromatic heterocycles. The number of hydrogen-bond donors (Lipinski definition) is 8. The number of likely N-dealkylation sites (tertiary alicyclic amines) is 2. The smallest absolute Gasteiger partial charge is 0.326 e. The maximum Gasteiger partial charge on any atom is 0.326 e. The predicted octanol–water partition coefficient (Wildman–Crippen LogP) is -2.74. The highest BCUT2D eigenvalue weighted by molar-refractivity contribution is 7.80. The monoisotopic (exact) mass is 574 g/mol. The lowest BCUT2D eigenvalue weighted by Gasteiger charge is -2.29. The maximum atomic E-state index is 13.3. The largest absolute Gasteiger partial charge is 0.480 e. The molecule has 38 heavy (non-hydrogen) atoms. The van der Waals surface area contributed by atoms with Crippen LogP contribution < -0.4 is 27.8 Å². The molecule has 2 fully saturated rings. The molecule has 2 saturated heterocycles. The molecule has 0 saturated carbocycles. The summed E-state index contributed by atoms with van der Waals surface area (Å²) in [5, 5.41) is 14.7. The lowest BCUT2D eigenvalue weighted by atomic mass is 10.1. The Hall–Kier alpha value is -2.72. The predicted molar refractivity (Wildman–Crippen MR) is 147 cm³/mol. The summed E-state index contributed by atoms with van der Waals surface area (Å²) < 4.78 is 0. The summed E-state index contributed by atoms with van der Waals surface area (Å²) in [4.78, 5) is 70.1. The van der Waals surface area contributed by atoms with E-state index >= 15 is 0 Å². The summed E-state index contributed by atoms with van der Waals surface area (Å²) in [6.07, 6.45) is 2.34. The fourth-order valence-corrected chi connectivity index (χ4v) is 4.98. The SMILES string of the molecule is NC(N)=NCCC[C@H](NC(=O)[C@@H]1CCCN1C(=O)[C@@H](N)CS)C(=O)N[C@@H](CS)C(=O)N1CCC[C@H]1C(=O)O. The van der Waals surface area contributed by atoms with E-state index in [0.29, 0.717) is 38.6 Å². The van der Waals surface area contributed by atoms with Crippen LogP contribution in [0.2, 0.25) is 0 Å². The number of nitrogens with zero attached hydrogens (tertiary/aromatic N) is 3. The number of thiol groups is 2. The lowest BCUT2D eigenvalue weighted by Crippen LogP contribution is -2.58. The van der Waals surface area contributed by atoms with Crippen molar-refractivity contribution in [1.82, 2.24) is 20.4 Å². The van der Waals surface area contributed by atoms with E-state index in [2.05, 4.69) is 40.9 Å². The van der Waals surface area contributed by atoms with E-state index in [-0.39, 0.29) is 37.0 Å². The zero-order valence-corrected chi connectivity index (χ0v) is 22.9. The molecule has 0 aromatic rings. The fraction of sp³-hybridized carbons (Fsp3) is 0.727. The highest BCUT2D eigenvalue weighted by Crippen LogP contribution is 2.20. The molecular weight excluding hydrogens is 536 g/mol. The van der Waals surface area contributed by atoms with Crippen molar-refractivity contribution in [3.05, 3.63) is 0 Å². The van der Waals surface area contributed by atoms with Gasteiger partial charge in [0.05, 0.1) is 6.04 Å². The number of nitrogens with two attached hydrogens (primary N) is 3. The Morgan fingerprint density at radius 2 is 1.53 bits per heavy atom. The molecular formula is C22H38N8O6S2. The number of guanidine groups is 1. The van der Waals surface area contributed by atoms with Gasteiger partial charge in [0.25, 0.3) is 0 Å². The van der Waals surface area contributed by atoms with Gasteiger partial charge in [-0.3, -0.25) is 24.2 Å². The molecule has 16 heteroatoms. The van der Waals surface area contributed by atoms with E-state index in [1.165, 1.54) is 9.80 Å². The van der Waals surface area contributed by atoms with E-state index in [4.69, 9.17) is 17.2 Å². The minimum absolute atomic E-state index is 0.0748. The standard InChI is InChI=1S/C22H38N8O6S2/c23-12(10-37)19(33)29-8-2-5-15(29)18(32)27-13(4-1-7-26-22(24)25)17(31)28-14(11-38)20(34)30-9-3-6-16(30)21(35)36/h12-16,37-38H,1-11,23H2,(H,27,32)(H,28,31)(H,35,36)(H4,24,25,26)/t12-,13-,14-,15-,16-/m0/s1. The van der Waals surface area contributed by atoms with Crippen molar-refractivity contribution in [3.8, 4) is 0 Å². The lowest BCUT2D eigenvalue weighted by molar-refractivity contribution is -0.149. The maximum absolute atomic E-state index is 13.3. The van der Waals surface area contributed by atoms with E-state index < -0.39 is 59.8 Å². The van der Waals surface area contributed by atoms with E-state index in [1.807, 2.05) is 0 Å². The molecule has 4 amide bonds. The first-order chi connectivity index (χ1) is 18.0. The number of carbonyl (C=O) groups is 5. The third kappa shape index (κ3) is 8.39. The first-order valence-electron chi connectivity index (χ1n) is 12.5. The van der Waals surface area contributed by atoms with E-state index in [0.717, 1.165) is 0 Å². The van der Waals surface area contributed by atoms with Crippen LogP contribution in [0.5, 0.6) is 0 Å². The summed E-state index contributed by atoms with van der Waals surface area (Å²) in [6, 6.07) is -4.79. The molecule has 0 aliphatic carbocycles. The molecule has 0 bridgehead atoms. The summed E-state index contributed by atoms with van der Waals surface area (Å²) in [5.41, 5.74) is 16.5. The van der Waals surface area contributed by atoms with Gasteiger partial charge in [0.2, 0.25) is 23.6 Å². The molecule has 0 unspecified atom stereocenters. The third-order valence-electron chi connectivity index (χ3n) is 6.55. The van der Waals surface area contributed by atoms with Gasteiger partial charge in [-0.15, -0.1) is 0 Å². The zero-order valence-electron chi connectivity index (χ0n) is 21.1. The van der Waals surface area contributed by atoms with Crippen LogP contribution in [0.3, 0.4) is 0 Å². The average Bonchev–Trinajstić information content (AvgIpc) is 3.57. The number of hydrogen-bond acceptors (Lipinski definition) is 9. The average molecular weight is 575 g/mol. The number of aliphatic carboxylic acids is 1. The van der Waals surface area contributed by atoms with Crippen molar-refractivity contribution in [2.24, 2.45) is 22.2 Å². The van der Waals surface area contributed by atoms with Crippen molar-refractivity contribution in [2.75, 3.05) is 31.1 Å². The number of carboxylic acid groups (broad SMARTS) is 1. The number of carbonyl (C=O) groups excluding carboxylic acids is 4. The topological polar surface area (TPSA) is 227 Å². The summed E-state index contributed by atoms with van der Waals surface area (Å²) in [7, 11) is 0. The Morgan fingerprint density at radius 3 is 2.08 bits per heavy atom. The Bertz CT molecular complexity index is 918. The first kappa shape index (κ1) is 31.5. The Labute approximate surface area is 232 Å². The van der Waals surface area contributed by atoms with Gasteiger partial charge in [-0.1, -0.05) is 0 Å². The minimum Gasteiger partial charge on any atom is -0.480 e. The van der Waals surface area contributed by atoms with Crippen LogP contribution in [0.15, 0.2) is 4.99 Å². The van der Waals surface area contributed by atoms with Crippen LogP contribution in [-0.4, -0.2) is 112 Å². The van der Waals surface area contributed by atoms with Crippen molar-refractivity contribution >= 4 is 60.8 Å². The quantitative estimate of drug-likeness (QED) is 0.0493.